The minimum atomic E-state index is -4.37. The predicted molar refractivity (Wildman–Crippen MR) is 92.5 cm³/mol. The molecule has 2 fully saturated rings. The summed E-state index contributed by atoms with van der Waals surface area (Å²) in [6.45, 7) is 3.66. The van der Waals surface area contributed by atoms with Gasteiger partial charge in [0.1, 0.15) is 0 Å². The van der Waals surface area contributed by atoms with E-state index in [1.54, 1.807) is 24.9 Å². The summed E-state index contributed by atoms with van der Waals surface area (Å²) in [5.74, 6) is 0.0830. The molecule has 3 nitrogen and oxygen atoms in total. The molecule has 1 aliphatic heterocycles. The first-order valence-corrected chi connectivity index (χ1v) is 8.39. The molecule has 3 rings (SSSR count). The minimum Gasteiger partial charge on any atom is -0.339 e. The van der Waals surface area contributed by atoms with E-state index in [0.29, 0.717) is 5.56 Å². The molecule has 1 aromatic carbocycles. The van der Waals surface area contributed by atoms with E-state index in [2.05, 4.69) is 5.32 Å². The Morgan fingerprint density at radius 3 is 2.56 bits per heavy atom. The van der Waals surface area contributed by atoms with Crippen LogP contribution in [0.25, 0.3) is 0 Å². The van der Waals surface area contributed by atoms with Crippen molar-refractivity contribution in [3.8, 4) is 0 Å². The van der Waals surface area contributed by atoms with E-state index in [1.165, 1.54) is 6.07 Å². The summed E-state index contributed by atoms with van der Waals surface area (Å²) in [4.78, 5) is 14.4. The molecule has 1 amide bonds. The molecular formula is C18H24ClF3N2O. The first-order valence-electron chi connectivity index (χ1n) is 8.39. The summed E-state index contributed by atoms with van der Waals surface area (Å²) in [7, 11) is 1.69. The Balaban J connectivity index is 0.00000225. The van der Waals surface area contributed by atoms with Gasteiger partial charge in [-0.2, -0.15) is 13.2 Å². The lowest BCUT2D eigenvalue weighted by molar-refractivity contribution is -0.137. The Bertz CT molecular complexity index is 629. The van der Waals surface area contributed by atoms with Gasteiger partial charge in [-0.1, -0.05) is 12.1 Å². The number of hydrogen-bond acceptors (Lipinski definition) is 2. The molecule has 25 heavy (non-hydrogen) atoms. The van der Waals surface area contributed by atoms with Gasteiger partial charge >= 0.3 is 6.18 Å². The summed E-state index contributed by atoms with van der Waals surface area (Å²) in [5, 5.41) is 3.31. The van der Waals surface area contributed by atoms with Gasteiger partial charge in [0.15, 0.2) is 0 Å². The van der Waals surface area contributed by atoms with Crippen molar-refractivity contribution in [3.63, 3.8) is 0 Å². The van der Waals surface area contributed by atoms with Crippen LogP contribution in [0.2, 0.25) is 0 Å². The van der Waals surface area contributed by atoms with Gasteiger partial charge in [-0.05, 0) is 62.4 Å². The number of alkyl halides is 3. The third-order valence-corrected chi connectivity index (χ3v) is 5.71. The lowest BCUT2D eigenvalue weighted by Gasteiger charge is -2.29. The highest BCUT2D eigenvalue weighted by atomic mass is 35.5. The van der Waals surface area contributed by atoms with E-state index >= 15 is 0 Å². The zero-order valence-electron chi connectivity index (χ0n) is 14.4. The van der Waals surface area contributed by atoms with E-state index < -0.39 is 11.7 Å². The number of hydrogen-bond donors (Lipinski definition) is 1. The molecule has 7 heteroatoms. The van der Waals surface area contributed by atoms with Crippen molar-refractivity contribution in [2.75, 3.05) is 20.1 Å². The van der Waals surface area contributed by atoms with E-state index in [9.17, 15) is 18.0 Å². The number of nitrogens with zero attached hydrogens (tertiary/aromatic N) is 1. The number of halogens is 4. The lowest BCUT2D eigenvalue weighted by Crippen LogP contribution is -2.35. The van der Waals surface area contributed by atoms with Crippen LogP contribution in [0, 0.1) is 11.3 Å². The van der Waals surface area contributed by atoms with Crippen LogP contribution in [0.4, 0.5) is 13.2 Å². The molecule has 1 N–H and O–H groups in total. The van der Waals surface area contributed by atoms with Crippen molar-refractivity contribution in [1.29, 1.82) is 0 Å². The van der Waals surface area contributed by atoms with Crippen LogP contribution in [0.3, 0.4) is 0 Å². The molecule has 2 aliphatic rings. The normalized spacial score (nSPS) is 22.8. The van der Waals surface area contributed by atoms with Crippen LogP contribution in [0.1, 0.15) is 43.4 Å². The Labute approximate surface area is 152 Å². The largest absolute Gasteiger partial charge is 0.416 e. The topological polar surface area (TPSA) is 32.3 Å². The van der Waals surface area contributed by atoms with E-state index in [4.69, 9.17) is 0 Å². The molecule has 0 bridgehead atoms. The van der Waals surface area contributed by atoms with Crippen molar-refractivity contribution in [1.82, 2.24) is 10.2 Å². The Hall–Kier alpha value is -1.27. The Morgan fingerprint density at radius 1 is 1.32 bits per heavy atom. The van der Waals surface area contributed by atoms with Crippen molar-refractivity contribution >= 4 is 18.3 Å². The van der Waals surface area contributed by atoms with E-state index in [-0.39, 0.29) is 35.7 Å². The van der Waals surface area contributed by atoms with Gasteiger partial charge in [0.2, 0.25) is 5.91 Å². The summed E-state index contributed by atoms with van der Waals surface area (Å²) >= 11 is 0. The molecule has 1 heterocycles. The zero-order chi connectivity index (χ0) is 17.5. The first kappa shape index (κ1) is 20.0. The molecule has 1 saturated carbocycles. The van der Waals surface area contributed by atoms with Crippen molar-refractivity contribution in [2.24, 2.45) is 11.3 Å². The first-order chi connectivity index (χ1) is 11.2. The quantitative estimate of drug-likeness (QED) is 0.863. The van der Waals surface area contributed by atoms with Crippen molar-refractivity contribution in [3.05, 3.63) is 35.4 Å². The smallest absolute Gasteiger partial charge is 0.339 e. The van der Waals surface area contributed by atoms with Crippen molar-refractivity contribution in [2.45, 2.75) is 38.4 Å². The third kappa shape index (κ3) is 3.95. The highest BCUT2D eigenvalue weighted by molar-refractivity contribution is 5.85. The van der Waals surface area contributed by atoms with Gasteiger partial charge in [-0.25, -0.2) is 0 Å². The van der Waals surface area contributed by atoms with Crippen LogP contribution in [-0.2, 0) is 11.0 Å². The fourth-order valence-corrected chi connectivity index (χ4v) is 3.81. The molecule has 1 aromatic rings. The van der Waals surface area contributed by atoms with Crippen LogP contribution in [-0.4, -0.2) is 30.9 Å². The molecular weight excluding hydrogens is 353 g/mol. The van der Waals surface area contributed by atoms with E-state index in [1.807, 2.05) is 0 Å². The number of nitrogens with one attached hydrogen (secondary N) is 1. The maximum Gasteiger partial charge on any atom is 0.416 e. The number of piperidine rings is 1. The summed E-state index contributed by atoms with van der Waals surface area (Å²) in [5.41, 5.74) is -0.0286. The Kier molecular flexibility index (Phi) is 5.74. The van der Waals surface area contributed by atoms with Crippen molar-refractivity contribution < 1.29 is 18.0 Å². The average Bonchev–Trinajstić information content (AvgIpc) is 3.25. The zero-order valence-corrected chi connectivity index (χ0v) is 15.2. The number of carbonyl (C=O) groups excluding carboxylic acids is 1. The van der Waals surface area contributed by atoms with Crippen LogP contribution < -0.4 is 5.32 Å². The number of carbonyl (C=O) groups is 1. The molecule has 0 radical (unpaired) electrons. The second-order valence-corrected chi connectivity index (χ2v) is 7.12. The predicted octanol–water partition coefficient (Wildman–Crippen LogP) is 4.04. The molecule has 1 saturated heterocycles. The second kappa shape index (κ2) is 7.16. The molecule has 2 unspecified atom stereocenters. The van der Waals surface area contributed by atoms with Crippen LogP contribution in [0.5, 0.6) is 0 Å². The minimum absolute atomic E-state index is 0. The average molecular weight is 377 g/mol. The molecule has 1 spiro atoms. The van der Waals surface area contributed by atoms with Gasteiger partial charge < -0.3 is 10.2 Å². The number of benzene rings is 1. The molecule has 2 atom stereocenters. The van der Waals surface area contributed by atoms with Gasteiger partial charge in [0.05, 0.1) is 11.6 Å². The highest BCUT2D eigenvalue weighted by Crippen LogP contribution is 2.59. The standard InChI is InChI=1S/C18H23F3N2O.ClH/c1-12(13-4-3-5-14(10-13)18(19,20)21)23(2)16(24)15-11-17(15)6-8-22-9-7-17;/h3-5,10,12,15,22H,6-9,11H2,1-2H3;1H. The summed E-state index contributed by atoms with van der Waals surface area (Å²) in [6, 6.07) is 4.87. The number of rotatable bonds is 3. The van der Waals surface area contributed by atoms with Gasteiger partial charge in [0, 0.05) is 13.0 Å². The fraction of sp³-hybridized carbons (Fsp3) is 0.611. The summed E-state index contributed by atoms with van der Waals surface area (Å²) in [6.07, 6.45) is -1.44. The van der Waals surface area contributed by atoms with E-state index in [0.717, 1.165) is 44.5 Å². The van der Waals surface area contributed by atoms with Gasteiger partial charge in [-0.3, -0.25) is 4.79 Å². The maximum atomic E-state index is 12.9. The van der Waals surface area contributed by atoms with Crippen LogP contribution in [0.15, 0.2) is 24.3 Å². The maximum absolute atomic E-state index is 12.9. The SMILES string of the molecule is CC(c1cccc(C(F)(F)F)c1)N(C)C(=O)C1CC12CCNCC2.Cl. The Morgan fingerprint density at radius 2 is 1.96 bits per heavy atom. The summed E-state index contributed by atoms with van der Waals surface area (Å²) < 4.78 is 38.6. The highest BCUT2D eigenvalue weighted by Gasteiger charge is 2.58. The third-order valence-electron chi connectivity index (χ3n) is 5.71. The molecule has 0 aromatic heterocycles. The number of amides is 1. The lowest BCUT2D eigenvalue weighted by atomic mass is 9.91. The monoisotopic (exact) mass is 376 g/mol. The van der Waals surface area contributed by atoms with Gasteiger partial charge in [-0.15, -0.1) is 12.4 Å². The second-order valence-electron chi connectivity index (χ2n) is 7.12. The molecule has 1 aliphatic carbocycles. The molecule has 140 valence electrons. The van der Waals surface area contributed by atoms with Crippen LogP contribution >= 0.6 is 12.4 Å². The van der Waals surface area contributed by atoms with Gasteiger partial charge in [0.25, 0.3) is 0 Å². The fourth-order valence-electron chi connectivity index (χ4n) is 3.81.